The van der Waals surface area contributed by atoms with Crippen molar-refractivity contribution in [2.75, 3.05) is 25.0 Å². The summed E-state index contributed by atoms with van der Waals surface area (Å²) in [5, 5.41) is 0.846. The van der Waals surface area contributed by atoms with E-state index in [0.29, 0.717) is 11.5 Å². The molecule has 1 aliphatic carbocycles. The number of carbonyl (C=O) groups excluding carboxylic acids is 1. The predicted octanol–water partition coefficient (Wildman–Crippen LogP) is 2.93. The van der Waals surface area contributed by atoms with Crippen LogP contribution < -0.4 is 9.74 Å². The lowest BCUT2D eigenvalue weighted by Crippen LogP contribution is -2.69. The van der Waals surface area contributed by atoms with E-state index in [9.17, 15) is 9.18 Å². The monoisotopic (exact) mass is 376 g/mol. The molecule has 0 bridgehead atoms. The minimum absolute atomic E-state index is 0.153. The summed E-state index contributed by atoms with van der Waals surface area (Å²) < 4.78 is 13.7. The molecule has 5 nitrogen and oxygen atoms in total. The number of halogens is 2. The Morgan fingerprint density at radius 3 is 2.85 bits per heavy atom. The van der Waals surface area contributed by atoms with Crippen LogP contribution in [0.1, 0.15) is 19.8 Å². The molecule has 1 amide bonds. The van der Waals surface area contributed by atoms with Gasteiger partial charge in [0, 0.05) is 55.2 Å². The lowest BCUT2D eigenvalue weighted by Gasteiger charge is -2.62. The van der Waals surface area contributed by atoms with Crippen molar-refractivity contribution >= 4 is 34.3 Å². The van der Waals surface area contributed by atoms with E-state index in [1.165, 1.54) is 6.07 Å². The van der Waals surface area contributed by atoms with Crippen LogP contribution in [0.15, 0.2) is 30.5 Å². The van der Waals surface area contributed by atoms with Crippen molar-refractivity contribution in [3.63, 3.8) is 0 Å². The maximum Gasteiger partial charge on any atom is 0.251 e. The Bertz CT molecular complexity index is 847. The maximum atomic E-state index is 13.7. The third-order valence-corrected chi connectivity index (χ3v) is 6.23. The van der Waals surface area contributed by atoms with Crippen LogP contribution in [-0.2, 0) is 4.79 Å². The first kappa shape index (κ1) is 17.5. The fourth-order valence-corrected chi connectivity index (χ4v) is 4.57. The summed E-state index contributed by atoms with van der Waals surface area (Å²) in [6.07, 6.45) is 3.93. The van der Waals surface area contributed by atoms with Gasteiger partial charge in [-0.25, -0.2) is 4.39 Å². The highest BCUT2D eigenvalue weighted by Crippen LogP contribution is 2.51. The zero-order valence-electron chi connectivity index (χ0n) is 14.9. The van der Waals surface area contributed by atoms with Crippen molar-refractivity contribution in [1.82, 2.24) is 14.7 Å². The van der Waals surface area contributed by atoms with Crippen LogP contribution >= 0.6 is 11.8 Å². The first-order valence-electron chi connectivity index (χ1n) is 8.84. The number of carbonyl (C=O) groups is 1. The number of hydrogen-bond donors (Lipinski definition) is 1. The summed E-state index contributed by atoms with van der Waals surface area (Å²) in [7, 11) is 2.07. The number of nitrogens with zero attached hydrogens (tertiary/aromatic N) is 3. The normalized spacial score (nSPS) is 20.5. The molecule has 1 unspecified atom stereocenters. The van der Waals surface area contributed by atoms with E-state index in [4.69, 9.17) is 11.8 Å². The molecule has 138 valence electrons. The summed E-state index contributed by atoms with van der Waals surface area (Å²) in [4.78, 5) is 22.6. The second kappa shape index (κ2) is 6.35. The second-order valence-electron chi connectivity index (χ2n) is 7.70. The average molecular weight is 377 g/mol. The molecule has 1 aromatic carbocycles. The van der Waals surface area contributed by atoms with Gasteiger partial charge in [-0.15, -0.1) is 0 Å². The largest absolute Gasteiger partial charge is 0.371 e. The van der Waals surface area contributed by atoms with E-state index in [1.807, 2.05) is 13.0 Å². The van der Waals surface area contributed by atoms with E-state index in [1.54, 1.807) is 18.3 Å². The number of anilines is 1. The minimum Gasteiger partial charge on any atom is -0.371 e. The second-order valence-corrected chi connectivity index (χ2v) is 7.89. The number of benzene rings is 1. The Labute approximate surface area is 157 Å². The number of nitrogens with one attached hydrogen (secondary N) is 1. The third kappa shape index (κ3) is 2.81. The molecule has 0 radical (unpaired) electrons. The van der Waals surface area contributed by atoms with E-state index < -0.39 is 0 Å². The molecule has 1 aliphatic heterocycles. The fourth-order valence-electron chi connectivity index (χ4n) is 4.41. The van der Waals surface area contributed by atoms with Gasteiger partial charge < -0.3 is 4.90 Å². The first-order chi connectivity index (χ1) is 12.4. The number of likely N-dealkylation sites (tertiary alicyclic amines) is 1. The molecule has 26 heavy (non-hydrogen) atoms. The maximum absolute atomic E-state index is 13.7. The lowest BCUT2D eigenvalue weighted by molar-refractivity contribution is -0.136. The zero-order valence-corrected chi connectivity index (χ0v) is 15.6. The van der Waals surface area contributed by atoms with Crippen LogP contribution in [0.25, 0.3) is 10.9 Å². The standard InChI is InChI=1S/C19H22ClFN4O/c1-12(18(26)23-20)25-10-19(11-25)8-14(9-19)24(2)17-5-6-22-16-4-3-13(21)7-15(16)17/h3-7,12,14H,8-11H2,1-2H3,(H,23,26). The van der Waals surface area contributed by atoms with E-state index in [2.05, 4.69) is 26.7 Å². The van der Waals surface area contributed by atoms with Crippen molar-refractivity contribution in [2.24, 2.45) is 5.41 Å². The molecule has 2 fully saturated rings. The number of pyridine rings is 1. The van der Waals surface area contributed by atoms with Crippen LogP contribution in [-0.4, -0.2) is 48.0 Å². The van der Waals surface area contributed by atoms with Crippen molar-refractivity contribution in [3.05, 3.63) is 36.3 Å². The van der Waals surface area contributed by atoms with Crippen molar-refractivity contribution in [1.29, 1.82) is 0 Å². The number of fused-ring (bicyclic) bond motifs is 1. The topological polar surface area (TPSA) is 48.5 Å². The van der Waals surface area contributed by atoms with Crippen molar-refractivity contribution in [2.45, 2.75) is 31.8 Å². The Balaban J connectivity index is 1.43. The summed E-state index contributed by atoms with van der Waals surface area (Å²) in [6.45, 7) is 3.73. The molecule has 7 heteroatoms. The van der Waals surface area contributed by atoms with Gasteiger partial charge in [-0.05, 0) is 49.4 Å². The van der Waals surface area contributed by atoms with Gasteiger partial charge in [-0.2, -0.15) is 0 Å². The van der Waals surface area contributed by atoms with Gasteiger partial charge in [0.2, 0.25) is 0 Å². The minimum atomic E-state index is -0.244. The highest BCUT2D eigenvalue weighted by atomic mass is 35.5. The molecule has 1 spiro atoms. The summed E-state index contributed by atoms with van der Waals surface area (Å²) in [6, 6.07) is 6.90. The van der Waals surface area contributed by atoms with Gasteiger partial charge in [0.15, 0.2) is 0 Å². The predicted molar refractivity (Wildman–Crippen MR) is 101 cm³/mol. The highest BCUT2D eigenvalue weighted by Gasteiger charge is 2.54. The molecule has 2 aromatic rings. The molecule has 2 aliphatic rings. The van der Waals surface area contributed by atoms with Gasteiger partial charge in [-0.3, -0.25) is 19.5 Å². The quantitative estimate of drug-likeness (QED) is 0.833. The zero-order chi connectivity index (χ0) is 18.5. The summed E-state index contributed by atoms with van der Waals surface area (Å²) >= 11 is 5.42. The SMILES string of the molecule is CC(C(=O)NCl)N1CC2(CC(N(C)c3ccnc4ccc(F)cc34)C2)C1. The van der Waals surface area contributed by atoms with Gasteiger partial charge in [0.05, 0.1) is 11.6 Å². The average Bonchev–Trinajstić information content (AvgIpc) is 2.57. The number of amides is 1. The first-order valence-corrected chi connectivity index (χ1v) is 9.22. The van der Waals surface area contributed by atoms with Gasteiger partial charge >= 0.3 is 0 Å². The van der Waals surface area contributed by atoms with E-state index in [-0.39, 0.29) is 17.8 Å². The third-order valence-electron chi connectivity index (χ3n) is 6.04. The highest BCUT2D eigenvalue weighted by molar-refractivity contribution is 6.22. The van der Waals surface area contributed by atoms with E-state index in [0.717, 1.165) is 42.5 Å². The van der Waals surface area contributed by atoms with Gasteiger partial charge in [0.25, 0.3) is 5.91 Å². The van der Waals surface area contributed by atoms with Crippen LogP contribution in [0.4, 0.5) is 10.1 Å². The van der Waals surface area contributed by atoms with Crippen LogP contribution in [0, 0.1) is 11.2 Å². The molecule has 4 rings (SSSR count). The smallest absolute Gasteiger partial charge is 0.251 e. The summed E-state index contributed by atoms with van der Waals surface area (Å²) in [5.41, 5.74) is 2.12. The van der Waals surface area contributed by atoms with Gasteiger partial charge in [0.1, 0.15) is 5.82 Å². The van der Waals surface area contributed by atoms with E-state index >= 15 is 0 Å². The Kier molecular flexibility index (Phi) is 4.28. The molecule has 1 atom stereocenters. The Hall–Kier alpha value is -1.92. The van der Waals surface area contributed by atoms with Crippen LogP contribution in [0.3, 0.4) is 0 Å². The van der Waals surface area contributed by atoms with Crippen LogP contribution in [0.5, 0.6) is 0 Å². The van der Waals surface area contributed by atoms with Crippen LogP contribution in [0.2, 0.25) is 0 Å². The number of aromatic nitrogens is 1. The number of hydrogen-bond acceptors (Lipinski definition) is 4. The molecular weight excluding hydrogens is 355 g/mol. The number of rotatable bonds is 4. The molecule has 1 aromatic heterocycles. The molecular formula is C19H22ClFN4O. The van der Waals surface area contributed by atoms with Crippen molar-refractivity contribution < 1.29 is 9.18 Å². The molecule has 2 heterocycles. The fraction of sp³-hybridized carbons (Fsp3) is 0.474. The lowest BCUT2D eigenvalue weighted by atomic mass is 9.60. The molecule has 1 saturated heterocycles. The van der Waals surface area contributed by atoms with Gasteiger partial charge in [-0.1, -0.05) is 0 Å². The Morgan fingerprint density at radius 1 is 1.42 bits per heavy atom. The van der Waals surface area contributed by atoms with Crippen molar-refractivity contribution in [3.8, 4) is 0 Å². The molecule has 1 N–H and O–H groups in total. The Morgan fingerprint density at radius 2 is 2.15 bits per heavy atom. The summed E-state index contributed by atoms with van der Waals surface area (Å²) in [5.74, 6) is -0.397. The molecule has 1 saturated carbocycles.